The highest BCUT2D eigenvalue weighted by molar-refractivity contribution is 9.10. The van der Waals surface area contributed by atoms with Crippen LogP contribution in [0.4, 0.5) is 5.95 Å². The van der Waals surface area contributed by atoms with Gasteiger partial charge in [-0.05, 0) is 57.9 Å². The summed E-state index contributed by atoms with van der Waals surface area (Å²) in [7, 11) is 0. The Morgan fingerprint density at radius 3 is 2.04 bits per heavy atom. The van der Waals surface area contributed by atoms with Gasteiger partial charge in [0.15, 0.2) is 11.5 Å². The van der Waals surface area contributed by atoms with Crippen LogP contribution in [-0.4, -0.2) is 15.0 Å². The molecule has 6 nitrogen and oxygen atoms in total. The summed E-state index contributed by atoms with van der Waals surface area (Å²) in [5, 5.41) is 0. The molecular weight excluding hydrogens is 372 g/mol. The fourth-order valence-corrected chi connectivity index (χ4v) is 2.86. The number of halogens is 1. The number of nitrogen functional groups attached to an aromatic ring is 1. The minimum absolute atomic E-state index is 0.143. The molecular formula is C17H11BrN4O2. The van der Waals surface area contributed by atoms with Gasteiger partial charge < -0.3 is 14.6 Å². The van der Waals surface area contributed by atoms with Gasteiger partial charge in [-0.2, -0.15) is 0 Å². The molecule has 0 saturated heterocycles. The minimum atomic E-state index is 0.143. The molecule has 0 aliphatic heterocycles. The first kappa shape index (κ1) is 14.6. The number of hydrogen-bond donors (Lipinski definition) is 1. The standard InChI is InChI=1S/C17H11BrN4O2/c18-13-9-10(5-6-20-13)14-15(11-3-1-7-23-11)21-17(19)22-16(14)12-4-2-8-24-12/h1-9H,(H2,19,21,22). The maximum Gasteiger partial charge on any atom is 0.221 e. The number of furan rings is 2. The third-order valence-corrected chi connectivity index (χ3v) is 3.88. The molecule has 0 bridgehead atoms. The van der Waals surface area contributed by atoms with Crippen molar-refractivity contribution in [3.05, 3.63) is 59.7 Å². The summed E-state index contributed by atoms with van der Waals surface area (Å²) in [6, 6.07) is 11.0. The Bertz CT molecular complexity index is 927. The lowest BCUT2D eigenvalue weighted by Crippen LogP contribution is -2.02. The zero-order valence-electron chi connectivity index (χ0n) is 12.3. The fourth-order valence-electron chi connectivity index (χ4n) is 2.49. The predicted octanol–water partition coefficient (Wildman–Crippen LogP) is 4.40. The van der Waals surface area contributed by atoms with E-state index in [1.807, 2.05) is 24.3 Å². The van der Waals surface area contributed by atoms with E-state index < -0.39 is 0 Å². The van der Waals surface area contributed by atoms with Crippen molar-refractivity contribution in [2.75, 3.05) is 5.73 Å². The molecule has 4 aromatic heterocycles. The van der Waals surface area contributed by atoms with Crippen molar-refractivity contribution < 1.29 is 8.83 Å². The molecule has 0 unspecified atom stereocenters. The van der Waals surface area contributed by atoms with Gasteiger partial charge in [0.05, 0.1) is 12.5 Å². The summed E-state index contributed by atoms with van der Waals surface area (Å²) in [5.74, 6) is 1.34. The Labute approximate surface area is 145 Å². The Balaban J connectivity index is 2.07. The molecule has 0 fully saturated rings. The SMILES string of the molecule is Nc1nc(-c2ccco2)c(-c2ccnc(Br)c2)c(-c2ccco2)n1. The molecule has 7 heteroatoms. The first-order valence-electron chi connectivity index (χ1n) is 7.09. The van der Waals surface area contributed by atoms with Crippen molar-refractivity contribution >= 4 is 21.9 Å². The van der Waals surface area contributed by atoms with E-state index in [9.17, 15) is 0 Å². The maximum absolute atomic E-state index is 5.92. The second-order valence-corrected chi connectivity index (χ2v) is 5.79. The van der Waals surface area contributed by atoms with Gasteiger partial charge in [0.2, 0.25) is 5.95 Å². The number of nitrogens with two attached hydrogens (primary N) is 1. The quantitative estimate of drug-likeness (QED) is 0.527. The van der Waals surface area contributed by atoms with E-state index in [2.05, 4.69) is 30.9 Å². The topological polar surface area (TPSA) is 91.0 Å². The fraction of sp³-hybridized carbons (Fsp3) is 0. The highest BCUT2D eigenvalue weighted by Crippen LogP contribution is 2.39. The molecule has 0 spiro atoms. The number of hydrogen-bond acceptors (Lipinski definition) is 6. The van der Waals surface area contributed by atoms with Crippen molar-refractivity contribution in [1.29, 1.82) is 0 Å². The van der Waals surface area contributed by atoms with E-state index in [0.717, 1.165) is 11.1 Å². The van der Waals surface area contributed by atoms with Crippen LogP contribution in [0, 0.1) is 0 Å². The van der Waals surface area contributed by atoms with Gasteiger partial charge in [-0.1, -0.05) is 0 Å². The summed E-state index contributed by atoms with van der Waals surface area (Å²) < 4.78 is 11.8. The molecule has 4 rings (SSSR count). The Kier molecular flexibility index (Phi) is 3.62. The first-order chi connectivity index (χ1) is 11.7. The lowest BCUT2D eigenvalue weighted by atomic mass is 10.0. The maximum atomic E-state index is 5.92. The third kappa shape index (κ3) is 2.59. The molecule has 2 N–H and O–H groups in total. The van der Waals surface area contributed by atoms with Crippen molar-refractivity contribution in [2.24, 2.45) is 0 Å². The molecule has 0 aliphatic carbocycles. The van der Waals surface area contributed by atoms with Crippen molar-refractivity contribution in [2.45, 2.75) is 0 Å². The lowest BCUT2D eigenvalue weighted by molar-refractivity contribution is 0.577. The average Bonchev–Trinajstić information content (AvgIpc) is 3.28. The zero-order chi connectivity index (χ0) is 16.5. The van der Waals surface area contributed by atoms with Crippen molar-refractivity contribution in [3.63, 3.8) is 0 Å². The minimum Gasteiger partial charge on any atom is -0.463 e. The molecule has 0 amide bonds. The first-order valence-corrected chi connectivity index (χ1v) is 7.89. The number of anilines is 1. The van der Waals surface area contributed by atoms with E-state index in [-0.39, 0.29) is 5.95 Å². The second-order valence-electron chi connectivity index (χ2n) is 4.98. The largest absolute Gasteiger partial charge is 0.463 e. The smallest absolute Gasteiger partial charge is 0.221 e. The zero-order valence-corrected chi connectivity index (χ0v) is 13.9. The van der Waals surface area contributed by atoms with Gasteiger partial charge in [-0.15, -0.1) is 0 Å². The summed E-state index contributed by atoms with van der Waals surface area (Å²) in [6.07, 6.45) is 4.88. The van der Waals surface area contributed by atoms with Crippen LogP contribution in [0.1, 0.15) is 0 Å². The summed E-state index contributed by atoms with van der Waals surface area (Å²) in [4.78, 5) is 12.9. The van der Waals surface area contributed by atoms with Crippen LogP contribution in [0.2, 0.25) is 0 Å². The van der Waals surface area contributed by atoms with E-state index in [4.69, 9.17) is 14.6 Å². The van der Waals surface area contributed by atoms with Crippen LogP contribution < -0.4 is 5.73 Å². The summed E-state index contributed by atoms with van der Waals surface area (Å²) in [5.41, 5.74) is 8.74. The predicted molar refractivity (Wildman–Crippen MR) is 92.8 cm³/mol. The van der Waals surface area contributed by atoms with Crippen LogP contribution in [0.5, 0.6) is 0 Å². The van der Waals surface area contributed by atoms with Gasteiger partial charge in [0.1, 0.15) is 16.0 Å². The number of nitrogens with zero attached hydrogens (tertiary/aromatic N) is 3. The van der Waals surface area contributed by atoms with Crippen LogP contribution in [0.15, 0.2) is 68.6 Å². The van der Waals surface area contributed by atoms with Crippen molar-refractivity contribution in [1.82, 2.24) is 15.0 Å². The van der Waals surface area contributed by atoms with E-state index >= 15 is 0 Å². The molecule has 118 valence electrons. The highest BCUT2D eigenvalue weighted by atomic mass is 79.9. The van der Waals surface area contributed by atoms with Crippen molar-refractivity contribution in [3.8, 4) is 34.0 Å². The number of pyridine rings is 1. The molecule has 0 saturated carbocycles. The Hall–Kier alpha value is -2.93. The van der Waals surface area contributed by atoms with Crippen LogP contribution in [-0.2, 0) is 0 Å². The van der Waals surface area contributed by atoms with Crippen LogP contribution in [0.25, 0.3) is 34.0 Å². The van der Waals surface area contributed by atoms with E-state index in [1.54, 1.807) is 30.9 Å². The Morgan fingerprint density at radius 2 is 1.54 bits per heavy atom. The molecule has 4 heterocycles. The molecule has 0 radical (unpaired) electrons. The summed E-state index contributed by atoms with van der Waals surface area (Å²) >= 11 is 3.40. The second kappa shape index (κ2) is 5.93. The van der Waals surface area contributed by atoms with Crippen LogP contribution >= 0.6 is 15.9 Å². The van der Waals surface area contributed by atoms with Gasteiger partial charge in [0.25, 0.3) is 0 Å². The van der Waals surface area contributed by atoms with Gasteiger partial charge >= 0.3 is 0 Å². The molecule has 0 aromatic carbocycles. The number of rotatable bonds is 3. The molecule has 0 atom stereocenters. The Morgan fingerprint density at radius 1 is 0.917 bits per heavy atom. The van der Waals surface area contributed by atoms with Gasteiger partial charge in [0, 0.05) is 11.8 Å². The normalized spacial score (nSPS) is 10.9. The lowest BCUT2D eigenvalue weighted by Gasteiger charge is -2.12. The summed E-state index contributed by atoms with van der Waals surface area (Å²) in [6.45, 7) is 0. The average molecular weight is 383 g/mol. The highest BCUT2D eigenvalue weighted by Gasteiger charge is 2.21. The van der Waals surface area contributed by atoms with Gasteiger partial charge in [-0.3, -0.25) is 0 Å². The molecule has 0 aliphatic rings. The molecule has 24 heavy (non-hydrogen) atoms. The number of aromatic nitrogens is 3. The van der Waals surface area contributed by atoms with Crippen LogP contribution in [0.3, 0.4) is 0 Å². The third-order valence-electron chi connectivity index (χ3n) is 3.45. The van der Waals surface area contributed by atoms with E-state index in [0.29, 0.717) is 27.5 Å². The van der Waals surface area contributed by atoms with Gasteiger partial charge in [-0.25, -0.2) is 15.0 Å². The van der Waals surface area contributed by atoms with E-state index in [1.165, 1.54) is 0 Å². The monoisotopic (exact) mass is 382 g/mol. The molecule has 4 aromatic rings.